The molecule has 8 atom stereocenters. The average molecular weight is 474 g/mol. The van der Waals surface area contributed by atoms with Crippen LogP contribution in [-0.4, -0.2) is 45.8 Å². The number of carbonyl (C=O) groups excluding carboxylic acids is 2. The summed E-state index contributed by atoms with van der Waals surface area (Å²) in [5, 5.41) is 26.5. The van der Waals surface area contributed by atoms with Crippen molar-refractivity contribution in [2.75, 3.05) is 6.54 Å². The highest BCUT2D eigenvalue weighted by molar-refractivity contribution is 6.01. The van der Waals surface area contributed by atoms with Gasteiger partial charge in [0.2, 0.25) is 0 Å². The van der Waals surface area contributed by atoms with Crippen LogP contribution >= 0.6 is 0 Å². The molecule has 0 saturated heterocycles. The quantitative estimate of drug-likeness (QED) is 0.578. The van der Waals surface area contributed by atoms with Gasteiger partial charge >= 0.3 is 0 Å². The first-order valence-corrected chi connectivity index (χ1v) is 13.3. The Kier molecular flexibility index (Phi) is 5.68. The van der Waals surface area contributed by atoms with E-state index in [1.807, 2.05) is 13.8 Å². The second kappa shape index (κ2) is 7.99. The van der Waals surface area contributed by atoms with Crippen molar-refractivity contribution in [2.24, 2.45) is 34.5 Å². The number of hydrogen-bond acceptors (Lipinski definition) is 4. The zero-order valence-electron chi connectivity index (χ0n) is 20.8. The molecule has 6 heteroatoms. The number of alkyl halides is 1. The lowest BCUT2D eigenvalue weighted by atomic mass is 9.44. The monoisotopic (exact) mass is 473 g/mol. The third-order valence-corrected chi connectivity index (χ3v) is 10.8. The van der Waals surface area contributed by atoms with Crippen LogP contribution in [0.5, 0.6) is 0 Å². The predicted octanol–water partition coefficient (Wildman–Crippen LogP) is 4.03. The van der Waals surface area contributed by atoms with Crippen LogP contribution in [0.15, 0.2) is 23.8 Å². The van der Waals surface area contributed by atoms with E-state index in [1.165, 1.54) is 31.4 Å². The lowest BCUT2D eigenvalue weighted by Gasteiger charge is -2.62. The minimum absolute atomic E-state index is 0.0208. The molecule has 5 nitrogen and oxygen atoms in total. The van der Waals surface area contributed by atoms with Crippen LogP contribution in [-0.2, 0) is 9.59 Å². The second-order valence-electron chi connectivity index (χ2n) is 12.4. The summed E-state index contributed by atoms with van der Waals surface area (Å²) in [4.78, 5) is 25.6. The van der Waals surface area contributed by atoms with Crippen LogP contribution in [0.25, 0.3) is 0 Å². The number of aliphatic hydroxyl groups is 2. The highest BCUT2D eigenvalue weighted by Crippen LogP contribution is 2.70. The molecule has 0 heterocycles. The molecule has 5 rings (SSSR count). The fourth-order valence-electron chi connectivity index (χ4n) is 8.79. The molecule has 1 amide bonds. The Morgan fingerprint density at radius 3 is 2.59 bits per heavy atom. The molecular formula is C28H40FNO4. The van der Waals surface area contributed by atoms with Crippen molar-refractivity contribution in [3.05, 3.63) is 23.8 Å². The molecule has 0 unspecified atom stereocenters. The van der Waals surface area contributed by atoms with Crippen LogP contribution in [0.1, 0.15) is 78.6 Å². The Bertz CT molecular complexity index is 941. The Balaban J connectivity index is 1.45. The number of hydrogen-bond donors (Lipinski definition) is 3. The number of fused-ring (bicyclic) bond motifs is 5. The highest BCUT2D eigenvalue weighted by atomic mass is 19.1. The first-order valence-electron chi connectivity index (χ1n) is 13.3. The molecule has 0 aromatic carbocycles. The van der Waals surface area contributed by atoms with Gasteiger partial charge in [-0.1, -0.05) is 44.8 Å². The Morgan fingerprint density at radius 2 is 1.88 bits per heavy atom. The second-order valence-corrected chi connectivity index (χ2v) is 12.4. The molecule has 3 N–H and O–H groups in total. The molecule has 4 saturated carbocycles. The van der Waals surface area contributed by atoms with Gasteiger partial charge < -0.3 is 15.5 Å². The van der Waals surface area contributed by atoms with Crippen LogP contribution in [0.3, 0.4) is 0 Å². The lowest BCUT2D eigenvalue weighted by Crippen LogP contribution is -2.70. The lowest BCUT2D eigenvalue weighted by molar-refractivity contribution is -0.219. The molecule has 0 bridgehead atoms. The van der Waals surface area contributed by atoms with Gasteiger partial charge in [-0.2, -0.15) is 0 Å². The number of carbonyl (C=O) groups is 2. The van der Waals surface area contributed by atoms with Gasteiger partial charge in [-0.25, -0.2) is 4.39 Å². The first-order chi connectivity index (χ1) is 16.0. The first kappa shape index (κ1) is 24.2. The topological polar surface area (TPSA) is 86.6 Å². The molecule has 188 valence electrons. The molecule has 0 aliphatic heterocycles. The van der Waals surface area contributed by atoms with Gasteiger partial charge in [0.25, 0.3) is 5.91 Å². The molecule has 0 aromatic rings. The third kappa shape index (κ3) is 3.03. The maximum Gasteiger partial charge on any atom is 0.252 e. The molecule has 0 spiro atoms. The molecule has 34 heavy (non-hydrogen) atoms. The summed E-state index contributed by atoms with van der Waals surface area (Å²) in [5.74, 6) is -1.12. The maximum atomic E-state index is 17.2. The summed E-state index contributed by atoms with van der Waals surface area (Å²) >= 11 is 0. The van der Waals surface area contributed by atoms with Gasteiger partial charge in [-0.3, -0.25) is 9.59 Å². The largest absolute Gasteiger partial charge is 0.390 e. The smallest absolute Gasteiger partial charge is 0.252 e. The summed E-state index contributed by atoms with van der Waals surface area (Å²) in [6.07, 6.45) is 10.7. The van der Waals surface area contributed by atoms with Crippen LogP contribution in [0, 0.1) is 34.5 Å². The molecular weight excluding hydrogens is 433 g/mol. The fraction of sp³-hybridized carbons (Fsp3) is 0.786. The van der Waals surface area contributed by atoms with Crippen LogP contribution < -0.4 is 5.32 Å². The Hall–Kier alpha value is -1.53. The number of aliphatic hydroxyl groups excluding tert-OH is 1. The van der Waals surface area contributed by atoms with E-state index < -0.39 is 34.1 Å². The number of nitrogens with one attached hydrogen (secondary N) is 1. The van der Waals surface area contributed by atoms with Crippen molar-refractivity contribution >= 4 is 11.7 Å². The van der Waals surface area contributed by atoms with Gasteiger partial charge in [0.15, 0.2) is 17.1 Å². The number of halogens is 1. The Labute approximate surface area is 202 Å². The Morgan fingerprint density at radius 1 is 1.18 bits per heavy atom. The number of allylic oxidation sites excluding steroid dienone is 4. The molecule has 0 radical (unpaired) electrons. The van der Waals surface area contributed by atoms with Crippen molar-refractivity contribution < 1.29 is 24.2 Å². The van der Waals surface area contributed by atoms with Crippen molar-refractivity contribution in [3.63, 3.8) is 0 Å². The van der Waals surface area contributed by atoms with E-state index in [1.54, 1.807) is 13.0 Å². The zero-order chi connectivity index (χ0) is 24.5. The van der Waals surface area contributed by atoms with Gasteiger partial charge in [0.05, 0.1) is 6.10 Å². The third-order valence-electron chi connectivity index (χ3n) is 10.8. The zero-order valence-corrected chi connectivity index (χ0v) is 20.8. The standard InChI is InChI=1S/C28H40FNO4/c1-17-13-22-21-10-9-19-14-20(31)11-12-25(19,2)27(21,29)23(32)15-26(22,3)28(17,34)24(33)30-16-18-7-5-4-6-8-18/h11-12,14,17-18,21-23,32,34H,4-10,13,15-16H2,1-3H3,(H,30,33)/t17-,21+,22+,23+,25+,26+,27+,28+/m1/s1. The number of ketones is 1. The van der Waals surface area contributed by atoms with E-state index in [9.17, 15) is 19.8 Å². The number of rotatable bonds is 3. The minimum atomic E-state index is -1.94. The van der Waals surface area contributed by atoms with E-state index >= 15 is 4.39 Å². The van der Waals surface area contributed by atoms with Crippen molar-refractivity contribution in [1.82, 2.24) is 5.32 Å². The van der Waals surface area contributed by atoms with Crippen molar-refractivity contribution in [2.45, 2.75) is 95.9 Å². The van der Waals surface area contributed by atoms with E-state index in [0.29, 0.717) is 31.7 Å². The molecule has 4 fully saturated rings. The number of amides is 1. The summed E-state index contributed by atoms with van der Waals surface area (Å²) in [6.45, 7) is 6.14. The molecule has 0 aromatic heterocycles. The highest BCUT2D eigenvalue weighted by Gasteiger charge is 2.75. The molecule has 5 aliphatic rings. The van der Waals surface area contributed by atoms with E-state index in [-0.39, 0.29) is 29.9 Å². The average Bonchev–Trinajstić information content (AvgIpc) is 3.01. The van der Waals surface area contributed by atoms with Gasteiger partial charge in [0, 0.05) is 23.3 Å². The van der Waals surface area contributed by atoms with Crippen molar-refractivity contribution in [3.8, 4) is 0 Å². The minimum Gasteiger partial charge on any atom is -0.390 e. The fourth-order valence-corrected chi connectivity index (χ4v) is 8.79. The van der Waals surface area contributed by atoms with E-state index in [2.05, 4.69) is 5.32 Å². The van der Waals surface area contributed by atoms with E-state index in [0.717, 1.165) is 18.4 Å². The normalized spacial score (nSPS) is 48.5. The maximum absolute atomic E-state index is 17.2. The van der Waals surface area contributed by atoms with Crippen LogP contribution in [0.2, 0.25) is 0 Å². The summed E-state index contributed by atoms with van der Waals surface area (Å²) in [7, 11) is 0. The van der Waals surface area contributed by atoms with Gasteiger partial charge in [-0.05, 0) is 75.4 Å². The SMILES string of the molecule is C[C@@H]1C[C@H]2[C@@H]3CCC4=CC(=O)C=C[C@]4(C)[C@@]3(F)[C@@H](O)C[C@]2(C)[C@@]1(O)C(=O)NCC1CCCCC1. The predicted molar refractivity (Wildman–Crippen MR) is 127 cm³/mol. The summed E-state index contributed by atoms with van der Waals surface area (Å²) in [5.41, 5.74) is -4.83. The summed E-state index contributed by atoms with van der Waals surface area (Å²) < 4.78 is 17.2. The van der Waals surface area contributed by atoms with Gasteiger partial charge in [0.1, 0.15) is 0 Å². The van der Waals surface area contributed by atoms with Crippen molar-refractivity contribution in [1.29, 1.82) is 0 Å². The summed E-state index contributed by atoms with van der Waals surface area (Å²) in [6, 6.07) is 0. The van der Waals surface area contributed by atoms with E-state index in [4.69, 9.17) is 0 Å². The van der Waals surface area contributed by atoms with Crippen LogP contribution in [0.4, 0.5) is 4.39 Å². The van der Waals surface area contributed by atoms with Gasteiger partial charge in [-0.15, -0.1) is 0 Å². The molecule has 5 aliphatic carbocycles.